The highest BCUT2D eigenvalue weighted by atomic mass is 19.4. The first-order chi connectivity index (χ1) is 13.5. The topological polar surface area (TPSA) is 74.6 Å². The maximum absolute atomic E-state index is 13.5. The van der Waals surface area contributed by atoms with Crippen LogP contribution in [-0.4, -0.2) is 37.0 Å². The van der Waals surface area contributed by atoms with Crippen molar-refractivity contribution in [1.82, 2.24) is 15.1 Å². The van der Waals surface area contributed by atoms with Crippen LogP contribution in [-0.2, 0) is 6.18 Å². The van der Waals surface area contributed by atoms with Crippen molar-refractivity contribution in [2.45, 2.75) is 39.0 Å². The zero-order chi connectivity index (χ0) is 21.9. The number of carbonyl (C=O) groups excluding carboxylic acids is 1. The van der Waals surface area contributed by atoms with Gasteiger partial charge in [-0.25, -0.2) is 0 Å². The van der Waals surface area contributed by atoms with Crippen LogP contribution in [0.1, 0.15) is 54.5 Å². The number of hydrogen-bond donors (Lipinski definition) is 1. The predicted molar refractivity (Wildman–Crippen MR) is 99.6 cm³/mol. The molecule has 1 atom stereocenters. The molecule has 1 aromatic heterocycles. The van der Waals surface area contributed by atoms with Crippen molar-refractivity contribution in [3.63, 3.8) is 0 Å². The maximum Gasteiger partial charge on any atom is 0.433 e. The van der Waals surface area contributed by atoms with E-state index in [1.165, 1.54) is 21.3 Å². The molecule has 1 aromatic carbocycles. The van der Waals surface area contributed by atoms with Crippen LogP contribution in [0, 0.1) is 0 Å². The van der Waals surface area contributed by atoms with Crippen molar-refractivity contribution >= 4 is 5.91 Å². The van der Waals surface area contributed by atoms with E-state index in [2.05, 4.69) is 10.4 Å². The number of alkyl halides is 3. The van der Waals surface area contributed by atoms with Crippen LogP contribution in [0.15, 0.2) is 18.3 Å². The Bertz CT molecular complexity index is 853. The molecule has 2 rings (SSSR count). The number of aromatic nitrogens is 2. The van der Waals surface area contributed by atoms with Gasteiger partial charge in [0.05, 0.1) is 39.1 Å². The van der Waals surface area contributed by atoms with Gasteiger partial charge >= 0.3 is 6.18 Å². The number of halogens is 3. The van der Waals surface area contributed by atoms with E-state index >= 15 is 0 Å². The second kappa shape index (κ2) is 8.62. The molecule has 10 heteroatoms. The second-order valence-corrected chi connectivity index (χ2v) is 6.60. The molecular formula is C19H24F3N3O4. The number of amides is 1. The van der Waals surface area contributed by atoms with Crippen molar-refractivity contribution in [2.75, 3.05) is 21.3 Å². The third-order valence-electron chi connectivity index (χ3n) is 4.33. The van der Waals surface area contributed by atoms with Gasteiger partial charge < -0.3 is 19.5 Å². The van der Waals surface area contributed by atoms with Gasteiger partial charge in [-0.3, -0.25) is 9.48 Å². The lowest BCUT2D eigenvalue weighted by Gasteiger charge is -2.19. The average molecular weight is 415 g/mol. The molecule has 0 saturated heterocycles. The number of hydrogen-bond acceptors (Lipinski definition) is 5. The Hall–Kier alpha value is -2.91. The minimum absolute atomic E-state index is 0.367. The van der Waals surface area contributed by atoms with E-state index in [-0.39, 0.29) is 0 Å². The van der Waals surface area contributed by atoms with Gasteiger partial charge in [0.15, 0.2) is 17.2 Å². The van der Waals surface area contributed by atoms with E-state index in [4.69, 9.17) is 14.2 Å². The molecule has 0 aliphatic heterocycles. The Kier molecular flexibility index (Phi) is 6.66. The molecule has 29 heavy (non-hydrogen) atoms. The van der Waals surface area contributed by atoms with E-state index in [1.807, 2.05) is 0 Å². The highest BCUT2D eigenvalue weighted by Crippen LogP contribution is 2.40. The smallest absolute Gasteiger partial charge is 0.433 e. The fraction of sp³-hybridized carbons (Fsp3) is 0.474. The lowest BCUT2D eigenvalue weighted by molar-refractivity contribution is -0.145. The van der Waals surface area contributed by atoms with Gasteiger partial charge in [0, 0.05) is 6.04 Å². The van der Waals surface area contributed by atoms with Crippen molar-refractivity contribution in [1.29, 1.82) is 0 Å². The summed E-state index contributed by atoms with van der Waals surface area (Å²) in [5.74, 6) is 0.221. The summed E-state index contributed by atoms with van der Waals surface area (Å²) >= 11 is 0. The molecule has 0 spiro atoms. The van der Waals surface area contributed by atoms with Crippen molar-refractivity contribution in [2.24, 2.45) is 0 Å². The van der Waals surface area contributed by atoms with Gasteiger partial charge in [-0.1, -0.05) is 0 Å². The molecule has 0 fully saturated rings. The predicted octanol–water partition coefficient (Wildman–Crippen LogP) is 4.00. The SMILES string of the molecule is COc1cc(C(C)NC(=O)c2cnn(C(C)C)c2C(F)(F)F)cc(OC)c1OC. The van der Waals surface area contributed by atoms with Crippen LogP contribution < -0.4 is 19.5 Å². The van der Waals surface area contributed by atoms with Gasteiger partial charge in [-0.15, -0.1) is 0 Å². The summed E-state index contributed by atoms with van der Waals surface area (Å²) in [5, 5.41) is 6.31. The summed E-state index contributed by atoms with van der Waals surface area (Å²) in [6.07, 6.45) is -3.79. The van der Waals surface area contributed by atoms with Crippen molar-refractivity contribution in [3.05, 3.63) is 35.2 Å². The summed E-state index contributed by atoms with van der Waals surface area (Å²) in [6, 6.07) is 2.05. The third-order valence-corrected chi connectivity index (χ3v) is 4.33. The number of nitrogens with one attached hydrogen (secondary N) is 1. The van der Waals surface area contributed by atoms with Crippen LogP contribution >= 0.6 is 0 Å². The van der Waals surface area contributed by atoms with Crippen LogP contribution in [0.3, 0.4) is 0 Å². The number of ether oxygens (including phenoxy) is 3. The van der Waals surface area contributed by atoms with Gasteiger partial charge in [0.1, 0.15) is 0 Å². The van der Waals surface area contributed by atoms with Crippen LogP contribution in [0.5, 0.6) is 17.2 Å². The van der Waals surface area contributed by atoms with Crippen molar-refractivity contribution < 1.29 is 32.2 Å². The monoisotopic (exact) mass is 415 g/mol. The lowest BCUT2D eigenvalue weighted by atomic mass is 10.1. The van der Waals surface area contributed by atoms with Gasteiger partial charge in [0.25, 0.3) is 5.91 Å². The Morgan fingerprint density at radius 3 is 2.03 bits per heavy atom. The summed E-state index contributed by atoms with van der Waals surface area (Å²) in [5.41, 5.74) is -1.05. The third kappa shape index (κ3) is 4.57. The van der Waals surface area contributed by atoms with Gasteiger partial charge in [-0.05, 0) is 38.5 Å². The zero-order valence-electron chi connectivity index (χ0n) is 17.0. The van der Waals surface area contributed by atoms with E-state index in [1.54, 1.807) is 32.9 Å². The highest BCUT2D eigenvalue weighted by molar-refractivity contribution is 5.95. The molecule has 0 bridgehead atoms. The first-order valence-corrected chi connectivity index (χ1v) is 8.80. The van der Waals surface area contributed by atoms with Crippen LogP contribution in [0.25, 0.3) is 0 Å². The van der Waals surface area contributed by atoms with Gasteiger partial charge in [-0.2, -0.15) is 18.3 Å². The van der Waals surface area contributed by atoms with E-state index in [0.717, 1.165) is 10.9 Å². The summed E-state index contributed by atoms with van der Waals surface area (Å²) in [7, 11) is 4.34. The normalized spacial score (nSPS) is 12.6. The molecule has 0 aliphatic rings. The molecule has 1 heterocycles. The standard InChI is InChI=1S/C19H24F3N3O4/c1-10(2)25-17(19(20,21)22)13(9-23-25)18(26)24-11(3)12-7-14(27-4)16(29-6)15(8-12)28-5/h7-11H,1-6H3,(H,24,26). The Morgan fingerprint density at radius 1 is 1.07 bits per heavy atom. The number of methoxy groups -OCH3 is 3. The molecule has 1 unspecified atom stereocenters. The summed E-state index contributed by atoms with van der Waals surface area (Å²) in [4.78, 5) is 12.6. The number of carbonyl (C=O) groups is 1. The first kappa shape index (κ1) is 22.4. The minimum atomic E-state index is -4.72. The second-order valence-electron chi connectivity index (χ2n) is 6.60. The Balaban J connectivity index is 2.37. The number of rotatable bonds is 7. The van der Waals surface area contributed by atoms with E-state index in [9.17, 15) is 18.0 Å². The molecule has 2 aromatic rings. The zero-order valence-corrected chi connectivity index (χ0v) is 17.0. The molecule has 1 amide bonds. The molecule has 0 aliphatic carbocycles. The van der Waals surface area contributed by atoms with Crippen LogP contribution in [0.4, 0.5) is 13.2 Å². The molecule has 1 N–H and O–H groups in total. The molecule has 160 valence electrons. The molecule has 7 nitrogen and oxygen atoms in total. The lowest BCUT2D eigenvalue weighted by Crippen LogP contribution is -2.29. The first-order valence-electron chi connectivity index (χ1n) is 8.80. The van der Waals surface area contributed by atoms with E-state index < -0.39 is 35.4 Å². The average Bonchev–Trinajstić information content (AvgIpc) is 3.12. The van der Waals surface area contributed by atoms with E-state index in [0.29, 0.717) is 22.8 Å². The van der Waals surface area contributed by atoms with Gasteiger partial charge in [0.2, 0.25) is 5.75 Å². The minimum Gasteiger partial charge on any atom is -0.493 e. The van der Waals surface area contributed by atoms with Crippen LogP contribution in [0.2, 0.25) is 0 Å². The highest BCUT2D eigenvalue weighted by Gasteiger charge is 2.40. The Labute approximate surface area is 166 Å². The quantitative estimate of drug-likeness (QED) is 0.740. The molecule has 0 radical (unpaired) electrons. The number of benzene rings is 1. The fourth-order valence-electron chi connectivity index (χ4n) is 2.91. The molecule has 0 saturated carbocycles. The maximum atomic E-state index is 13.5. The largest absolute Gasteiger partial charge is 0.493 e. The fourth-order valence-corrected chi connectivity index (χ4v) is 2.91. The Morgan fingerprint density at radius 2 is 1.62 bits per heavy atom. The summed E-state index contributed by atoms with van der Waals surface area (Å²) in [6.45, 7) is 4.75. The molecular weight excluding hydrogens is 391 g/mol. The van der Waals surface area contributed by atoms with Crippen molar-refractivity contribution in [3.8, 4) is 17.2 Å². The number of nitrogens with zero attached hydrogens (tertiary/aromatic N) is 2. The summed E-state index contributed by atoms with van der Waals surface area (Å²) < 4.78 is 57.1.